The van der Waals surface area contributed by atoms with E-state index in [2.05, 4.69) is 0 Å². The molecular formula is C13H13F3O2. The van der Waals surface area contributed by atoms with Crippen LogP contribution in [0.25, 0.3) is 0 Å². The molecule has 98 valence electrons. The number of hydrogen-bond acceptors (Lipinski definition) is 2. The van der Waals surface area contributed by atoms with E-state index < -0.39 is 17.5 Å². The number of allylic oxidation sites excluding steroid dienone is 1. The van der Waals surface area contributed by atoms with E-state index in [1.54, 1.807) is 6.26 Å². The summed E-state index contributed by atoms with van der Waals surface area (Å²) in [6.45, 7) is 2.14. The molecule has 18 heavy (non-hydrogen) atoms. The fraction of sp³-hybridized carbons (Fsp3) is 0.385. The standard InChI is InChI=1S/C13H13F3O2/c1-8-2-3-9(17-6-8)7-18-10-4-11(14)13(16)12(15)5-10/h4-6,9H,2-3,7H2,1H3. The minimum atomic E-state index is -1.49. The van der Waals surface area contributed by atoms with Gasteiger partial charge >= 0.3 is 0 Å². The Balaban J connectivity index is 1.95. The van der Waals surface area contributed by atoms with E-state index >= 15 is 0 Å². The van der Waals surface area contributed by atoms with Gasteiger partial charge in [0.1, 0.15) is 18.5 Å². The van der Waals surface area contributed by atoms with E-state index in [4.69, 9.17) is 9.47 Å². The average molecular weight is 258 g/mol. The first-order valence-electron chi connectivity index (χ1n) is 5.64. The molecule has 0 saturated heterocycles. The first-order valence-corrected chi connectivity index (χ1v) is 5.64. The number of rotatable bonds is 3. The Morgan fingerprint density at radius 1 is 1.28 bits per heavy atom. The molecule has 0 fully saturated rings. The molecule has 0 radical (unpaired) electrons. The van der Waals surface area contributed by atoms with Gasteiger partial charge in [-0.15, -0.1) is 0 Å². The van der Waals surface area contributed by atoms with Crippen molar-refractivity contribution in [1.29, 1.82) is 0 Å². The molecule has 5 heteroatoms. The Hall–Kier alpha value is -1.65. The van der Waals surface area contributed by atoms with Crippen LogP contribution in [0, 0.1) is 17.5 Å². The lowest BCUT2D eigenvalue weighted by Gasteiger charge is -2.22. The van der Waals surface area contributed by atoms with Crippen molar-refractivity contribution in [2.75, 3.05) is 6.61 Å². The fourth-order valence-electron chi connectivity index (χ4n) is 1.66. The molecule has 1 aliphatic heterocycles. The molecule has 1 aromatic carbocycles. The third-order valence-electron chi connectivity index (χ3n) is 2.72. The molecule has 0 aromatic heterocycles. The van der Waals surface area contributed by atoms with Crippen LogP contribution in [0.15, 0.2) is 24.0 Å². The quantitative estimate of drug-likeness (QED) is 0.772. The molecule has 0 N–H and O–H groups in total. The predicted molar refractivity (Wildman–Crippen MR) is 59.7 cm³/mol. The summed E-state index contributed by atoms with van der Waals surface area (Å²) in [5, 5.41) is 0. The molecule has 1 aromatic rings. The summed E-state index contributed by atoms with van der Waals surface area (Å²) >= 11 is 0. The van der Waals surface area contributed by atoms with Crippen LogP contribution in [-0.2, 0) is 4.74 Å². The Morgan fingerprint density at radius 2 is 1.94 bits per heavy atom. The topological polar surface area (TPSA) is 18.5 Å². The number of halogens is 3. The zero-order valence-electron chi connectivity index (χ0n) is 9.88. The van der Waals surface area contributed by atoms with Crippen LogP contribution in [-0.4, -0.2) is 12.7 Å². The van der Waals surface area contributed by atoms with Crippen molar-refractivity contribution in [3.05, 3.63) is 41.4 Å². The van der Waals surface area contributed by atoms with Crippen LogP contribution in [0.3, 0.4) is 0 Å². The Bertz CT molecular complexity index is 448. The van der Waals surface area contributed by atoms with Crippen molar-refractivity contribution in [2.24, 2.45) is 0 Å². The molecule has 0 saturated carbocycles. The van der Waals surface area contributed by atoms with Gasteiger partial charge in [0.15, 0.2) is 17.5 Å². The van der Waals surface area contributed by atoms with Gasteiger partial charge < -0.3 is 9.47 Å². The number of ether oxygens (including phenoxy) is 2. The van der Waals surface area contributed by atoms with Gasteiger partial charge in [-0.3, -0.25) is 0 Å². The summed E-state index contributed by atoms with van der Waals surface area (Å²) in [7, 11) is 0. The largest absolute Gasteiger partial charge is 0.495 e. The fourth-order valence-corrected chi connectivity index (χ4v) is 1.66. The van der Waals surface area contributed by atoms with Crippen LogP contribution in [0.4, 0.5) is 13.2 Å². The Morgan fingerprint density at radius 3 is 2.50 bits per heavy atom. The highest BCUT2D eigenvalue weighted by Gasteiger charge is 2.16. The second-order valence-corrected chi connectivity index (χ2v) is 4.27. The molecule has 0 amide bonds. The summed E-state index contributed by atoms with van der Waals surface area (Å²) in [5.74, 6) is -4.05. The molecule has 2 nitrogen and oxygen atoms in total. The zero-order chi connectivity index (χ0) is 13.1. The first-order chi connectivity index (χ1) is 8.56. The maximum Gasteiger partial charge on any atom is 0.194 e. The Labute approximate surface area is 103 Å². The molecular weight excluding hydrogens is 245 g/mol. The van der Waals surface area contributed by atoms with Gasteiger partial charge in [-0.2, -0.15) is 0 Å². The summed E-state index contributed by atoms with van der Waals surface area (Å²) < 4.78 is 49.1. The highest BCUT2D eigenvalue weighted by molar-refractivity contribution is 5.25. The van der Waals surface area contributed by atoms with E-state index in [0.29, 0.717) is 0 Å². The molecule has 0 aliphatic carbocycles. The zero-order valence-corrected chi connectivity index (χ0v) is 9.88. The minimum absolute atomic E-state index is 0.0405. The van der Waals surface area contributed by atoms with Crippen molar-refractivity contribution in [3.63, 3.8) is 0 Å². The van der Waals surface area contributed by atoms with Gasteiger partial charge in [-0.25, -0.2) is 13.2 Å². The lowest BCUT2D eigenvalue weighted by atomic mass is 10.1. The SMILES string of the molecule is CC1=COC(COc2cc(F)c(F)c(F)c2)CC1. The second-order valence-electron chi connectivity index (χ2n) is 4.27. The molecule has 1 heterocycles. The first kappa shape index (κ1) is 12.8. The van der Waals surface area contributed by atoms with Crippen molar-refractivity contribution >= 4 is 0 Å². The number of hydrogen-bond donors (Lipinski definition) is 0. The second kappa shape index (κ2) is 5.33. The Kier molecular flexibility index (Phi) is 3.79. The van der Waals surface area contributed by atoms with Gasteiger partial charge in [0.05, 0.1) is 6.26 Å². The average Bonchev–Trinajstić information content (AvgIpc) is 2.35. The van der Waals surface area contributed by atoms with Crippen LogP contribution in [0.5, 0.6) is 5.75 Å². The number of benzene rings is 1. The molecule has 1 unspecified atom stereocenters. The van der Waals surface area contributed by atoms with Gasteiger partial charge in [0.25, 0.3) is 0 Å². The van der Waals surface area contributed by atoms with Crippen molar-refractivity contribution in [2.45, 2.75) is 25.9 Å². The highest BCUT2D eigenvalue weighted by Crippen LogP contribution is 2.21. The van der Waals surface area contributed by atoms with Crippen molar-refractivity contribution < 1.29 is 22.6 Å². The van der Waals surface area contributed by atoms with Crippen LogP contribution in [0.2, 0.25) is 0 Å². The minimum Gasteiger partial charge on any atom is -0.495 e. The highest BCUT2D eigenvalue weighted by atomic mass is 19.2. The summed E-state index contributed by atoms with van der Waals surface area (Å²) in [6.07, 6.45) is 3.20. The van der Waals surface area contributed by atoms with Crippen LogP contribution in [0.1, 0.15) is 19.8 Å². The van der Waals surface area contributed by atoms with Crippen molar-refractivity contribution in [3.8, 4) is 5.75 Å². The van der Waals surface area contributed by atoms with Gasteiger partial charge in [0, 0.05) is 12.1 Å². The van der Waals surface area contributed by atoms with Gasteiger partial charge in [0.2, 0.25) is 0 Å². The third-order valence-corrected chi connectivity index (χ3v) is 2.72. The maximum absolute atomic E-state index is 12.9. The van der Waals surface area contributed by atoms with Gasteiger partial charge in [-0.05, 0) is 25.3 Å². The van der Waals surface area contributed by atoms with E-state index in [1.165, 1.54) is 0 Å². The smallest absolute Gasteiger partial charge is 0.194 e. The monoisotopic (exact) mass is 258 g/mol. The van der Waals surface area contributed by atoms with Crippen molar-refractivity contribution in [1.82, 2.24) is 0 Å². The molecule has 0 bridgehead atoms. The molecule has 1 aliphatic rings. The molecule has 2 rings (SSSR count). The van der Waals surface area contributed by atoms with E-state index in [0.717, 1.165) is 30.5 Å². The predicted octanol–water partition coefficient (Wildman–Crippen LogP) is 3.57. The molecule has 0 spiro atoms. The summed E-state index contributed by atoms with van der Waals surface area (Å²) in [4.78, 5) is 0. The lowest BCUT2D eigenvalue weighted by Crippen LogP contribution is -2.22. The van der Waals surface area contributed by atoms with Gasteiger partial charge in [-0.1, -0.05) is 0 Å². The van der Waals surface area contributed by atoms with E-state index in [-0.39, 0.29) is 18.5 Å². The normalized spacial score (nSPS) is 19.1. The van der Waals surface area contributed by atoms with Crippen LogP contribution >= 0.6 is 0 Å². The van der Waals surface area contributed by atoms with Crippen LogP contribution < -0.4 is 4.74 Å². The summed E-state index contributed by atoms with van der Waals surface area (Å²) in [5.41, 5.74) is 1.14. The van der Waals surface area contributed by atoms with E-state index in [9.17, 15) is 13.2 Å². The third kappa shape index (κ3) is 2.97. The summed E-state index contributed by atoms with van der Waals surface area (Å²) in [6, 6.07) is 1.64. The maximum atomic E-state index is 12.9. The lowest BCUT2D eigenvalue weighted by molar-refractivity contribution is 0.0698. The molecule has 1 atom stereocenters. The van der Waals surface area contributed by atoms with E-state index in [1.807, 2.05) is 6.92 Å².